The molecule has 1 aliphatic heterocycles. The Bertz CT molecular complexity index is 685. The van der Waals surface area contributed by atoms with Crippen LogP contribution in [0.5, 0.6) is 11.5 Å². The van der Waals surface area contributed by atoms with Crippen molar-refractivity contribution >= 4 is 17.7 Å². The topological polar surface area (TPSA) is 21.7 Å². The van der Waals surface area contributed by atoms with Gasteiger partial charge in [0.25, 0.3) is 0 Å². The second-order valence-corrected chi connectivity index (χ2v) is 5.78. The fourth-order valence-electron chi connectivity index (χ4n) is 2.39. The van der Waals surface area contributed by atoms with Gasteiger partial charge in [-0.25, -0.2) is 0 Å². The van der Waals surface area contributed by atoms with Gasteiger partial charge in [-0.1, -0.05) is 42.0 Å². The Kier molecular flexibility index (Phi) is 4.66. The highest BCUT2D eigenvalue weighted by Gasteiger charge is 2.13. The molecule has 2 aromatic rings. The molecule has 0 saturated heterocycles. The molecule has 114 valence electrons. The van der Waals surface area contributed by atoms with Crippen LogP contribution in [0.3, 0.4) is 0 Å². The number of ether oxygens (including phenoxy) is 2. The van der Waals surface area contributed by atoms with E-state index in [-0.39, 0.29) is 0 Å². The summed E-state index contributed by atoms with van der Waals surface area (Å²) in [6.45, 7) is 2.04. The Morgan fingerprint density at radius 1 is 1.14 bits per heavy atom. The fraction of sp³-hybridized carbons (Fsp3) is 0.222. The van der Waals surface area contributed by atoms with E-state index in [1.54, 1.807) is 0 Å². The van der Waals surface area contributed by atoms with E-state index in [0.717, 1.165) is 35.2 Å². The first-order chi connectivity index (χ1) is 10.7. The third-order valence-electron chi connectivity index (χ3n) is 3.47. The molecule has 2 aromatic carbocycles. The summed E-state index contributed by atoms with van der Waals surface area (Å²) < 4.78 is 10.7. The summed E-state index contributed by atoms with van der Waals surface area (Å²) in [5.41, 5.74) is 2.33. The minimum atomic E-state index is 0.316. The zero-order chi connectivity index (χ0) is 15.4. The number of likely N-dealkylation sites (N-methyl/N-ethyl adjacent to an activating group) is 1. The summed E-state index contributed by atoms with van der Waals surface area (Å²) in [6.07, 6.45) is 4.22. The molecular formula is C18H18ClNO2. The summed E-state index contributed by atoms with van der Waals surface area (Å²) >= 11 is 5.97. The Morgan fingerprint density at radius 2 is 2.00 bits per heavy atom. The molecule has 3 nitrogen and oxygen atoms in total. The van der Waals surface area contributed by atoms with Crippen molar-refractivity contribution in [3.8, 4) is 11.5 Å². The highest BCUT2D eigenvalue weighted by molar-refractivity contribution is 6.30. The number of halogens is 1. The Hall–Kier alpha value is -1.97. The number of rotatable bonds is 5. The highest BCUT2D eigenvalue weighted by Crippen LogP contribution is 2.32. The van der Waals surface area contributed by atoms with Gasteiger partial charge < -0.3 is 9.47 Å². The summed E-state index contributed by atoms with van der Waals surface area (Å²) in [7, 11) is 2.09. The molecule has 0 bridgehead atoms. The van der Waals surface area contributed by atoms with Crippen LogP contribution in [0.2, 0.25) is 5.02 Å². The molecule has 1 aliphatic rings. The van der Waals surface area contributed by atoms with E-state index in [2.05, 4.69) is 30.2 Å². The first-order valence-corrected chi connectivity index (χ1v) is 7.58. The van der Waals surface area contributed by atoms with E-state index in [1.165, 1.54) is 5.56 Å². The van der Waals surface area contributed by atoms with Gasteiger partial charge in [-0.05, 0) is 42.4 Å². The molecule has 0 saturated carbocycles. The van der Waals surface area contributed by atoms with Gasteiger partial charge in [-0.2, -0.15) is 0 Å². The maximum Gasteiger partial charge on any atom is 0.231 e. The molecule has 3 rings (SSSR count). The van der Waals surface area contributed by atoms with Gasteiger partial charge in [-0.15, -0.1) is 0 Å². The largest absolute Gasteiger partial charge is 0.454 e. The second kappa shape index (κ2) is 6.86. The molecule has 0 radical (unpaired) electrons. The van der Waals surface area contributed by atoms with Gasteiger partial charge >= 0.3 is 0 Å². The molecular weight excluding hydrogens is 298 g/mol. The van der Waals surface area contributed by atoms with Crippen molar-refractivity contribution in [1.82, 2.24) is 4.90 Å². The highest BCUT2D eigenvalue weighted by atomic mass is 35.5. The van der Waals surface area contributed by atoms with Gasteiger partial charge in [0.15, 0.2) is 11.5 Å². The standard InChI is InChI=1S/C18H18ClNO2/c1-20(9-3-5-14-4-2-6-16(19)10-14)12-15-7-8-17-18(11-15)22-13-21-17/h2-8,10-11H,9,12-13H2,1H3/b5-3+. The molecule has 0 atom stereocenters. The lowest BCUT2D eigenvalue weighted by Gasteiger charge is -2.14. The number of nitrogens with zero attached hydrogens (tertiary/aromatic N) is 1. The molecule has 0 aromatic heterocycles. The third kappa shape index (κ3) is 3.81. The maximum atomic E-state index is 5.97. The summed E-state index contributed by atoms with van der Waals surface area (Å²) in [5, 5.41) is 0.760. The van der Waals surface area contributed by atoms with Crippen LogP contribution in [0.15, 0.2) is 48.5 Å². The van der Waals surface area contributed by atoms with Crippen molar-refractivity contribution in [2.75, 3.05) is 20.4 Å². The van der Waals surface area contributed by atoms with Crippen LogP contribution in [0.1, 0.15) is 11.1 Å². The Morgan fingerprint density at radius 3 is 2.86 bits per heavy atom. The molecule has 1 heterocycles. The fourth-order valence-corrected chi connectivity index (χ4v) is 2.59. The van der Waals surface area contributed by atoms with E-state index in [1.807, 2.05) is 36.4 Å². The maximum absolute atomic E-state index is 5.97. The van der Waals surface area contributed by atoms with Gasteiger partial charge in [0.1, 0.15) is 0 Å². The van der Waals surface area contributed by atoms with E-state index in [0.29, 0.717) is 6.79 Å². The number of hydrogen-bond donors (Lipinski definition) is 0. The molecule has 0 unspecified atom stereocenters. The Balaban J connectivity index is 1.55. The molecule has 0 N–H and O–H groups in total. The zero-order valence-corrected chi connectivity index (χ0v) is 13.2. The number of fused-ring (bicyclic) bond motifs is 1. The van der Waals surface area contributed by atoms with E-state index in [9.17, 15) is 0 Å². The van der Waals surface area contributed by atoms with E-state index >= 15 is 0 Å². The second-order valence-electron chi connectivity index (χ2n) is 5.34. The van der Waals surface area contributed by atoms with Crippen molar-refractivity contribution < 1.29 is 9.47 Å². The Labute approximate surface area is 135 Å². The van der Waals surface area contributed by atoms with Gasteiger partial charge in [-0.3, -0.25) is 4.90 Å². The van der Waals surface area contributed by atoms with Crippen LogP contribution in [0, 0.1) is 0 Å². The van der Waals surface area contributed by atoms with Crippen molar-refractivity contribution in [3.05, 3.63) is 64.7 Å². The monoisotopic (exact) mass is 315 g/mol. The lowest BCUT2D eigenvalue weighted by atomic mass is 10.2. The quantitative estimate of drug-likeness (QED) is 0.825. The van der Waals surface area contributed by atoms with Crippen LogP contribution in [0.4, 0.5) is 0 Å². The van der Waals surface area contributed by atoms with Crippen molar-refractivity contribution in [2.24, 2.45) is 0 Å². The van der Waals surface area contributed by atoms with Crippen LogP contribution in [-0.2, 0) is 6.54 Å². The van der Waals surface area contributed by atoms with Crippen LogP contribution in [0.25, 0.3) is 6.08 Å². The van der Waals surface area contributed by atoms with Crippen molar-refractivity contribution in [2.45, 2.75) is 6.54 Å². The first kappa shape index (κ1) is 14.9. The SMILES string of the molecule is CN(C/C=C/c1cccc(Cl)c1)Cc1ccc2c(c1)OCO2. The van der Waals surface area contributed by atoms with Gasteiger partial charge in [0.2, 0.25) is 6.79 Å². The van der Waals surface area contributed by atoms with Crippen molar-refractivity contribution in [1.29, 1.82) is 0 Å². The predicted octanol–water partition coefficient (Wildman–Crippen LogP) is 4.21. The molecule has 0 aliphatic carbocycles. The lowest BCUT2D eigenvalue weighted by molar-refractivity contribution is 0.174. The molecule has 0 spiro atoms. The lowest BCUT2D eigenvalue weighted by Crippen LogP contribution is -2.17. The molecule has 22 heavy (non-hydrogen) atoms. The normalized spacial score (nSPS) is 13.2. The summed E-state index contributed by atoms with van der Waals surface area (Å²) in [4.78, 5) is 2.23. The zero-order valence-electron chi connectivity index (χ0n) is 12.5. The van der Waals surface area contributed by atoms with Crippen molar-refractivity contribution in [3.63, 3.8) is 0 Å². The average molecular weight is 316 g/mol. The minimum Gasteiger partial charge on any atom is -0.454 e. The third-order valence-corrected chi connectivity index (χ3v) is 3.70. The number of hydrogen-bond acceptors (Lipinski definition) is 3. The molecule has 4 heteroatoms. The first-order valence-electron chi connectivity index (χ1n) is 7.20. The van der Waals surface area contributed by atoms with E-state index < -0.39 is 0 Å². The smallest absolute Gasteiger partial charge is 0.231 e. The van der Waals surface area contributed by atoms with Gasteiger partial charge in [0.05, 0.1) is 0 Å². The summed E-state index contributed by atoms with van der Waals surface area (Å²) in [6, 6.07) is 13.9. The van der Waals surface area contributed by atoms with E-state index in [4.69, 9.17) is 21.1 Å². The predicted molar refractivity (Wildman–Crippen MR) is 89.4 cm³/mol. The minimum absolute atomic E-state index is 0.316. The van der Waals surface area contributed by atoms with Crippen LogP contribution >= 0.6 is 11.6 Å². The number of benzene rings is 2. The van der Waals surface area contributed by atoms with Crippen LogP contribution in [-0.4, -0.2) is 25.3 Å². The van der Waals surface area contributed by atoms with Crippen LogP contribution < -0.4 is 9.47 Å². The molecule has 0 fully saturated rings. The molecule has 0 amide bonds. The van der Waals surface area contributed by atoms with Gasteiger partial charge in [0, 0.05) is 18.1 Å². The average Bonchev–Trinajstić information content (AvgIpc) is 2.95. The summed E-state index contributed by atoms with van der Waals surface area (Å²) in [5.74, 6) is 1.66.